The summed E-state index contributed by atoms with van der Waals surface area (Å²) >= 11 is 0. The van der Waals surface area contributed by atoms with E-state index in [0.717, 1.165) is 0 Å². The molecule has 2 amide bonds. The molecule has 0 heterocycles. The van der Waals surface area contributed by atoms with Gasteiger partial charge < -0.3 is 15.1 Å². The van der Waals surface area contributed by atoms with Crippen molar-refractivity contribution in [2.45, 2.75) is 0 Å². The number of likely N-dealkylation sites (N-methyl/N-ethyl adjacent to an activating group) is 1. The molecule has 0 bridgehead atoms. The van der Waals surface area contributed by atoms with Crippen LogP contribution in [0.3, 0.4) is 0 Å². The van der Waals surface area contributed by atoms with Gasteiger partial charge in [0.05, 0.1) is 0 Å². The first-order valence-electron chi connectivity index (χ1n) is 5.46. The van der Waals surface area contributed by atoms with Crippen LogP contribution in [0.4, 0.5) is 0 Å². The third-order valence-corrected chi connectivity index (χ3v) is 2.03. The predicted octanol–water partition coefficient (Wildman–Crippen LogP) is -0.135. The maximum Gasteiger partial charge on any atom is 0.312 e. The Morgan fingerprint density at radius 1 is 1.18 bits per heavy atom. The van der Waals surface area contributed by atoms with Crippen LogP contribution in [0.15, 0.2) is 25.3 Å². The molecule has 0 saturated carbocycles. The lowest BCUT2D eigenvalue weighted by atomic mass is 10.4. The SMILES string of the molecule is C=CCN(CC=C)C(=O)C(=O)NCCN(C)C. The van der Waals surface area contributed by atoms with Crippen molar-refractivity contribution >= 4 is 11.8 Å². The van der Waals surface area contributed by atoms with Crippen molar-refractivity contribution in [1.29, 1.82) is 0 Å². The highest BCUT2D eigenvalue weighted by molar-refractivity contribution is 6.35. The summed E-state index contributed by atoms with van der Waals surface area (Å²) in [6.45, 7) is 8.91. The maximum absolute atomic E-state index is 11.7. The molecule has 0 aromatic carbocycles. The number of carbonyl (C=O) groups excluding carboxylic acids is 2. The number of hydrogen-bond donors (Lipinski definition) is 1. The molecule has 0 aliphatic rings. The highest BCUT2D eigenvalue weighted by Crippen LogP contribution is 1.91. The lowest BCUT2D eigenvalue weighted by Gasteiger charge is -2.18. The molecule has 5 nitrogen and oxygen atoms in total. The largest absolute Gasteiger partial charge is 0.347 e. The van der Waals surface area contributed by atoms with E-state index < -0.39 is 11.8 Å². The molecule has 5 heteroatoms. The Hall–Kier alpha value is -1.62. The fourth-order valence-corrected chi connectivity index (χ4v) is 1.16. The van der Waals surface area contributed by atoms with Gasteiger partial charge in [-0.25, -0.2) is 0 Å². The standard InChI is InChI=1S/C12H21N3O2/c1-5-8-15(9-6-2)12(17)11(16)13-7-10-14(3)4/h5-6H,1-2,7-10H2,3-4H3,(H,13,16). The molecular weight excluding hydrogens is 218 g/mol. The van der Waals surface area contributed by atoms with E-state index in [1.165, 1.54) is 4.90 Å². The first-order valence-corrected chi connectivity index (χ1v) is 5.46. The van der Waals surface area contributed by atoms with Crippen molar-refractivity contribution in [3.63, 3.8) is 0 Å². The first-order chi connectivity index (χ1) is 8.02. The monoisotopic (exact) mass is 239 g/mol. The second-order valence-corrected chi connectivity index (χ2v) is 3.85. The third kappa shape index (κ3) is 6.52. The van der Waals surface area contributed by atoms with E-state index in [0.29, 0.717) is 26.2 Å². The fourth-order valence-electron chi connectivity index (χ4n) is 1.16. The van der Waals surface area contributed by atoms with E-state index in [1.807, 2.05) is 19.0 Å². The van der Waals surface area contributed by atoms with E-state index in [4.69, 9.17) is 0 Å². The average molecular weight is 239 g/mol. The minimum Gasteiger partial charge on any atom is -0.347 e. The van der Waals surface area contributed by atoms with Gasteiger partial charge in [-0.05, 0) is 14.1 Å². The molecule has 0 fully saturated rings. The molecule has 0 radical (unpaired) electrons. The molecular formula is C12H21N3O2. The number of nitrogens with zero attached hydrogens (tertiary/aromatic N) is 2. The maximum atomic E-state index is 11.7. The van der Waals surface area contributed by atoms with Gasteiger partial charge in [0.1, 0.15) is 0 Å². The van der Waals surface area contributed by atoms with Crippen LogP contribution in [0.1, 0.15) is 0 Å². The van der Waals surface area contributed by atoms with Crippen LogP contribution in [-0.2, 0) is 9.59 Å². The van der Waals surface area contributed by atoms with Gasteiger partial charge in [-0.3, -0.25) is 9.59 Å². The average Bonchev–Trinajstić information content (AvgIpc) is 2.27. The second kappa shape index (κ2) is 8.52. The molecule has 17 heavy (non-hydrogen) atoms. The molecule has 0 unspecified atom stereocenters. The number of hydrogen-bond acceptors (Lipinski definition) is 3. The Kier molecular flexibility index (Phi) is 7.71. The summed E-state index contributed by atoms with van der Waals surface area (Å²) in [7, 11) is 3.80. The third-order valence-electron chi connectivity index (χ3n) is 2.03. The number of nitrogens with one attached hydrogen (secondary N) is 1. The highest BCUT2D eigenvalue weighted by atomic mass is 16.2. The van der Waals surface area contributed by atoms with Gasteiger partial charge in [0, 0.05) is 26.2 Å². The minimum atomic E-state index is -0.587. The Bertz CT molecular complexity index is 277. The number of rotatable bonds is 7. The quantitative estimate of drug-likeness (QED) is 0.497. The van der Waals surface area contributed by atoms with Gasteiger partial charge in [-0.15, -0.1) is 13.2 Å². The van der Waals surface area contributed by atoms with Crippen LogP contribution in [0, 0.1) is 0 Å². The predicted molar refractivity (Wildman–Crippen MR) is 68.5 cm³/mol. The summed E-state index contributed by atoms with van der Waals surface area (Å²) in [6.07, 6.45) is 3.16. The van der Waals surface area contributed by atoms with E-state index in [1.54, 1.807) is 12.2 Å². The molecule has 0 rings (SSSR count). The van der Waals surface area contributed by atoms with Crippen molar-refractivity contribution in [3.8, 4) is 0 Å². The van der Waals surface area contributed by atoms with Gasteiger partial charge in [0.2, 0.25) is 0 Å². The van der Waals surface area contributed by atoms with Crippen LogP contribution in [-0.4, -0.2) is 61.9 Å². The Labute approximate surface area is 103 Å². The lowest BCUT2D eigenvalue weighted by Crippen LogP contribution is -2.44. The van der Waals surface area contributed by atoms with Crippen LogP contribution >= 0.6 is 0 Å². The fraction of sp³-hybridized carbons (Fsp3) is 0.500. The van der Waals surface area contributed by atoms with Gasteiger partial charge in [0.15, 0.2) is 0 Å². The molecule has 0 saturated heterocycles. The summed E-state index contributed by atoms with van der Waals surface area (Å²) < 4.78 is 0. The number of amides is 2. The minimum absolute atomic E-state index is 0.339. The Morgan fingerprint density at radius 3 is 2.12 bits per heavy atom. The van der Waals surface area contributed by atoms with E-state index in [9.17, 15) is 9.59 Å². The van der Waals surface area contributed by atoms with Crippen molar-refractivity contribution in [2.75, 3.05) is 40.3 Å². The van der Waals surface area contributed by atoms with Crippen LogP contribution in [0.5, 0.6) is 0 Å². The molecule has 0 aliphatic heterocycles. The van der Waals surface area contributed by atoms with Crippen molar-refractivity contribution < 1.29 is 9.59 Å². The lowest BCUT2D eigenvalue weighted by molar-refractivity contribution is -0.145. The van der Waals surface area contributed by atoms with Crippen LogP contribution < -0.4 is 5.32 Å². The first kappa shape index (κ1) is 15.4. The van der Waals surface area contributed by atoms with E-state index in [-0.39, 0.29) is 0 Å². The topological polar surface area (TPSA) is 52.7 Å². The van der Waals surface area contributed by atoms with E-state index in [2.05, 4.69) is 18.5 Å². The van der Waals surface area contributed by atoms with Crippen molar-refractivity contribution in [3.05, 3.63) is 25.3 Å². The Morgan fingerprint density at radius 2 is 1.71 bits per heavy atom. The molecule has 0 atom stereocenters. The molecule has 96 valence electrons. The molecule has 0 aromatic heterocycles. The summed E-state index contributed by atoms with van der Waals surface area (Å²) in [6, 6.07) is 0. The van der Waals surface area contributed by atoms with Gasteiger partial charge in [0.25, 0.3) is 0 Å². The van der Waals surface area contributed by atoms with Gasteiger partial charge in [-0.1, -0.05) is 12.2 Å². The molecule has 1 N–H and O–H groups in total. The van der Waals surface area contributed by atoms with E-state index >= 15 is 0 Å². The highest BCUT2D eigenvalue weighted by Gasteiger charge is 2.19. The smallest absolute Gasteiger partial charge is 0.312 e. The zero-order valence-corrected chi connectivity index (χ0v) is 10.6. The Balaban J connectivity index is 4.19. The van der Waals surface area contributed by atoms with Gasteiger partial charge >= 0.3 is 11.8 Å². The number of carbonyl (C=O) groups is 2. The molecule has 0 aliphatic carbocycles. The normalized spacial score (nSPS) is 9.82. The van der Waals surface area contributed by atoms with Crippen LogP contribution in [0.2, 0.25) is 0 Å². The summed E-state index contributed by atoms with van der Waals surface area (Å²) in [4.78, 5) is 26.5. The second-order valence-electron chi connectivity index (χ2n) is 3.85. The zero-order chi connectivity index (χ0) is 13.3. The molecule has 0 aromatic rings. The summed E-state index contributed by atoms with van der Waals surface area (Å²) in [5.74, 6) is -1.14. The molecule has 0 spiro atoms. The van der Waals surface area contributed by atoms with Crippen molar-refractivity contribution in [1.82, 2.24) is 15.1 Å². The van der Waals surface area contributed by atoms with Crippen LogP contribution in [0.25, 0.3) is 0 Å². The summed E-state index contributed by atoms with van der Waals surface area (Å²) in [5, 5.41) is 2.57. The van der Waals surface area contributed by atoms with Crippen molar-refractivity contribution in [2.24, 2.45) is 0 Å². The van der Waals surface area contributed by atoms with Gasteiger partial charge in [-0.2, -0.15) is 0 Å². The zero-order valence-electron chi connectivity index (χ0n) is 10.6. The summed E-state index contributed by atoms with van der Waals surface area (Å²) in [5.41, 5.74) is 0.